The molecule has 0 spiro atoms. The summed E-state index contributed by atoms with van der Waals surface area (Å²) < 4.78 is 10.3. The van der Waals surface area contributed by atoms with Crippen molar-refractivity contribution < 1.29 is 14.4 Å². The number of nitrogens with one attached hydrogen (secondary N) is 1. The number of hydrogen-bond acceptors (Lipinski definition) is 7. The minimum Gasteiger partial charge on any atom is -0.473 e. The fourth-order valence-electron chi connectivity index (χ4n) is 1.50. The monoisotopic (exact) mass is 284 g/mol. The van der Waals surface area contributed by atoms with Crippen LogP contribution in [0.4, 0.5) is 11.5 Å². The Kier molecular flexibility index (Phi) is 7.26. The molecule has 0 aliphatic carbocycles. The van der Waals surface area contributed by atoms with Gasteiger partial charge in [-0.1, -0.05) is 13.3 Å². The van der Waals surface area contributed by atoms with Gasteiger partial charge < -0.3 is 14.8 Å². The first-order chi connectivity index (χ1) is 9.70. The van der Waals surface area contributed by atoms with Crippen LogP contribution >= 0.6 is 0 Å². The first-order valence-electron chi connectivity index (χ1n) is 6.55. The number of methoxy groups -OCH3 is 1. The van der Waals surface area contributed by atoms with Crippen molar-refractivity contribution in [2.45, 2.75) is 26.2 Å². The molecule has 0 atom stereocenters. The van der Waals surface area contributed by atoms with Crippen LogP contribution in [0.1, 0.15) is 26.2 Å². The van der Waals surface area contributed by atoms with Crippen molar-refractivity contribution in [2.75, 3.05) is 32.2 Å². The van der Waals surface area contributed by atoms with Crippen molar-refractivity contribution in [1.82, 2.24) is 9.97 Å². The van der Waals surface area contributed by atoms with Gasteiger partial charge in [0, 0.05) is 20.3 Å². The highest BCUT2D eigenvalue weighted by Crippen LogP contribution is 2.30. The topological polar surface area (TPSA) is 99.4 Å². The fraction of sp³-hybridized carbons (Fsp3) is 0.667. The quantitative estimate of drug-likeness (QED) is 0.398. The van der Waals surface area contributed by atoms with E-state index >= 15 is 0 Å². The molecule has 8 nitrogen and oxygen atoms in total. The van der Waals surface area contributed by atoms with Crippen LogP contribution in [-0.2, 0) is 4.74 Å². The van der Waals surface area contributed by atoms with Gasteiger partial charge in [-0.25, -0.2) is 4.98 Å². The van der Waals surface area contributed by atoms with Gasteiger partial charge in [0.25, 0.3) is 5.88 Å². The summed E-state index contributed by atoms with van der Waals surface area (Å²) in [5, 5.41) is 14.1. The van der Waals surface area contributed by atoms with Gasteiger partial charge in [0.1, 0.15) is 6.33 Å². The SMILES string of the molecule is CCCCOc1ncnc(NCCCOC)c1[N+](=O)[O-]. The van der Waals surface area contributed by atoms with Gasteiger partial charge in [0.15, 0.2) is 0 Å². The molecule has 0 unspecified atom stereocenters. The van der Waals surface area contributed by atoms with Crippen molar-refractivity contribution in [2.24, 2.45) is 0 Å². The highest BCUT2D eigenvalue weighted by Gasteiger charge is 2.24. The second-order valence-electron chi connectivity index (χ2n) is 4.11. The zero-order valence-electron chi connectivity index (χ0n) is 11.8. The Morgan fingerprint density at radius 1 is 1.35 bits per heavy atom. The van der Waals surface area contributed by atoms with Gasteiger partial charge in [0.05, 0.1) is 11.5 Å². The summed E-state index contributed by atoms with van der Waals surface area (Å²) in [7, 11) is 1.60. The van der Waals surface area contributed by atoms with E-state index in [9.17, 15) is 10.1 Å². The summed E-state index contributed by atoms with van der Waals surface area (Å²) in [4.78, 5) is 18.4. The van der Waals surface area contributed by atoms with E-state index < -0.39 is 4.92 Å². The van der Waals surface area contributed by atoms with Crippen molar-refractivity contribution in [3.05, 3.63) is 16.4 Å². The molecule has 0 aliphatic rings. The van der Waals surface area contributed by atoms with E-state index in [1.807, 2.05) is 6.92 Å². The fourth-order valence-corrected chi connectivity index (χ4v) is 1.50. The summed E-state index contributed by atoms with van der Waals surface area (Å²) in [6, 6.07) is 0. The van der Waals surface area contributed by atoms with Gasteiger partial charge in [0.2, 0.25) is 5.82 Å². The minimum atomic E-state index is -0.528. The highest BCUT2D eigenvalue weighted by atomic mass is 16.6. The molecule has 0 radical (unpaired) electrons. The van der Waals surface area contributed by atoms with Crippen molar-refractivity contribution in [3.8, 4) is 5.88 Å². The largest absolute Gasteiger partial charge is 0.473 e. The predicted octanol–water partition coefficient (Wildman–Crippen LogP) is 2.01. The number of hydrogen-bond donors (Lipinski definition) is 1. The average Bonchev–Trinajstić information content (AvgIpc) is 2.43. The van der Waals surface area contributed by atoms with Crippen molar-refractivity contribution in [1.29, 1.82) is 0 Å². The maximum absolute atomic E-state index is 11.1. The summed E-state index contributed by atoms with van der Waals surface area (Å²) >= 11 is 0. The molecule has 0 saturated carbocycles. The van der Waals surface area contributed by atoms with Crippen LogP contribution < -0.4 is 10.1 Å². The third-order valence-electron chi connectivity index (χ3n) is 2.53. The minimum absolute atomic E-state index is 0.00712. The Bertz CT molecular complexity index is 428. The molecule has 0 aliphatic heterocycles. The van der Waals surface area contributed by atoms with E-state index in [2.05, 4.69) is 15.3 Å². The molecule has 0 saturated heterocycles. The maximum atomic E-state index is 11.1. The molecule has 1 N–H and O–H groups in total. The number of unbranched alkanes of at least 4 members (excludes halogenated alkanes) is 1. The van der Waals surface area contributed by atoms with Crippen LogP contribution in [0.2, 0.25) is 0 Å². The van der Waals surface area contributed by atoms with Crippen LogP contribution in [-0.4, -0.2) is 41.8 Å². The lowest BCUT2D eigenvalue weighted by atomic mass is 10.3. The zero-order valence-corrected chi connectivity index (χ0v) is 11.8. The van der Waals surface area contributed by atoms with Gasteiger partial charge in [-0.15, -0.1) is 0 Å². The van der Waals surface area contributed by atoms with Crippen LogP contribution in [0.5, 0.6) is 5.88 Å². The first-order valence-corrected chi connectivity index (χ1v) is 6.55. The predicted molar refractivity (Wildman–Crippen MR) is 74.1 cm³/mol. The number of rotatable bonds is 10. The molecule has 0 fully saturated rings. The first kappa shape index (κ1) is 16.1. The molecule has 1 rings (SSSR count). The number of nitrogens with zero attached hydrogens (tertiary/aromatic N) is 3. The third-order valence-corrected chi connectivity index (χ3v) is 2.53. The Morgan fingerprint density at radius 3 is 2.80 bits per heavy atom. The Morgan fingerprint density at radius 2 is 2.15 bits per heavy atom. The molecule has 0 amide bonds. The Balaban J connectivity index is 2.76. The molecule has 112 valence electrons. The maximum Gasteiger partial charge on any atom is 0.372 e. The van der Waals surface area contributed by atoms with Gasteiger partial charge >= 0.3 is 5.69 Å². The van der Waals surface area contributed by atoms with Gasteiger partial charge in [-0.05, 0) is 12.8 Å². The molecule has 8 heteroatoms. The molecular weight excluding hydrogens is 264 g/mol. The Hall–Kier alpha value is -1.96. The molecule has 0 aromatic carbocycles. The van der Waals surface area contributed by atoms with Crippen molar-refractivity contribution >= 4 is 11.5 Å². The molecular formula is C12H20N4O4. The van der Waals surface area contributed by atoms with E-state index in [0.717, 1.165) is 19.3 Å². The van der Waals surface area contributed by atoms with E-state index in [1.54, 1.807) is 7.11 Å². The van der Waals surface area contributed by atoms with E-state index in [1.165, 1.54) is 6.33 Å². The Labute approximate surface area is 117 Å². The van der Waals surface area contributed by atoms with Crippen LogP contribution in [0, 0.1) is 10.1 Å². The third kappa shape index (κ3) is 4.96. The smallest absolute Gasteiger partial charge is 0.372 e. The number of anilines is 1. The van der Waals surface area contributed by atoms with E-state index in [-0.39, 0.29) is 17.4 Å². The van der Waals surface area contributed by atoms with Gasteiger partial charge in [-0.2, -0.15) is 4.98 Å². The van der Waals surface area contributed by atoms with Crippen LogP contribution in [0.15, 0.2) is 6.33 Å². The molecule has 1 heterocycles. The summed E-state index contributed by atoms with van der Waals surface area (Å²) in [6.45, 7) is 3.52. The summed E-state index contributed by atoms with van der Waals surface area (Å²) in [5.41, 5.74) is -0.221. The van der Waals surface area contributed by atoms with Gasteiger partial charge in [-0.3, -0.25) is 10.1 Å². The van der Waals surface area contributed by atoms with E-state index in [4.69, 9.17) is 9.47 Å². The van der Waals surface area contributed by atoms with Crippen LogP contribution in [0.3, 0.4) is 0 Å². The van der Waals surface area contributed by atoms with Crippen molar-refractivity contribution in [3.63, 3.8) is 0 Å². The second kappa shape index (κ2) is 9.03. The number of aromatic nitrogens is 2. The van der Waals surface area contributed by atoms with E-state index in [0.29, 0.717) is 19.8 Å². The normalized spacial score (nSPS) is 10.3. The zero-order chi connectivity index (χ0) is 14.8. The highest BCUT2D eigenvalue weighted by molar-refractivity contribution is 5.61. The lowest BCUT2D eigenvalue weighted by Crippen LogP contribution is -2.10. The molecule has 1 aromatic heterocycles. The molecule has 20 heavy (non-hydrogen) atoms. The average molecular weight is 284 g/mol. The summed E-state index contributed by atoms with van der Waals surface area (Å²) in [6.07, 6.45) is 3.75. The number of nitro groups is 1. The lowest BCUT2D eigenvalue weighted by molar-refractivity contribution is -0.385. The lowest BCUT2D eigenvalue weighted by Gasteiger charge is -2.09. The summed E-state index contributed by atoms with van der Waals surface area (Å²) in [5.74, 6) is 0.181. The molecule has 1 aromatic rings. The second-order valence-corrected chi connectivity index (χ2v) is 4.11. The standard InChI is InChI=1S/C12H20N4O4/c1-3-4-8-20-12-10(16(17)18)11(14-9-15-12)13-6-5-7-19-2/h9H,3-8H2,1-2H3,(H,13,14,15). The van der Waals surface area contributed by atoms with Crippen LogP contribution in [0.25, 0.3) is 0 Å². The molecule has 0 bridgehead atoms. The number of ether oxygens (including phenoxy) is 2.